The van der Waals surface area contributed by atoms with Crippen molar-refractivity contribution in [2.75, 3.05) is 6.79 Å². The molecule has 1 aliphatic heterocycles. The van der Waals surface area contributed by atoms with Crippen LogP contribution in [-0.4, -0.2) is 6.79 Å². The van der Waals surface area contributed by atoms with Gasteiger partial charge in [0, 0.05) is 18.0 Å². The van der Waals surface area contributed by atoms with Gasteiger partial charge in [0.05, 0.1) is 0 Å². The van der Waals surface area contributed by atoms with E-state index in [-0.39, 0.29) is 0 Å². The van der Waals surface area contributed by atoms with Crippen molar-refractivity contribution in [3.63, 3.8) is 0 Å². The van der Waals surface area contributed by atoms with E-state index < -0.39 is 0 Å². The van der Waals surface area contributed by atoms with Crippen molar-refractivity contribution >= 4 is 11.3 Å². The maximum atomic E-state index is 5.34. The monoisotopic (exact) mass is 247 g/mol. The van der Waals surface area contributed by atoms with E-state index in [1.165, 1.54) is 10.4 Å². The predicted octanol–water partition coefficient (Wildman–Crippen LogP) is 2.77. The fourth-order valence-electron chi connectivity index (χ4n) is 1.79. The van der Waals surface area contributed by atoms with E-state index in [9.17, 15) is 0 Å². The van der Waals surface area contributed by atoms with E-state index >= 15 is 0 Å². The lowest BCUT2D eigenvalue weighted by Gasteiger charge is -2.04. The molecule has 1 aromatic carbocycles. The van der Waals surface area contributed by atoms with Crippen LogP contribution < -0.4 is 14.8 Å². The minimum absolute atomic E-state index is 0.335. The third kappa shape index (κ3) is 2.43. The van der Waals surface area contributed by atoms with Crippen molar-refractivity contribution in [1.82, 2.24) is 5.32 Å². The maximum Gasteiger partial charge on any atom is 0.231 e. The van der Waals surface area contributed by atoms with Crippen LogP contribution in [0.1, 0.15) is 10.4 Å². The minimum Gasteiger partial charge on any atom is -0.454 e. The largest absolute Gasteiger partial charge is 0.454 e. The van der Waals surface area contributed by atoms with Crippen molar-refractivity contribution in [1.29, 1.82) is 0 Å². The van der Waals surface area contributed by atoms with E-state index in [4.69, 9.17) is 9.47 Å². The molecule has 0 bridgehead atoms. The average molecular weight is 247 g/mol. The van der Waals surface area contributed by atoms with Gasteiger partial charge >= 0.3 is 0 Å². The molecule has 0 unspecified atom stereocenters. The number of nitrogens with one attached hydrogen (secondary N) is 1. The SMILES string of the molecule is c1csc(CNCc2ccc3c(c2)OCO3)c1. The molecule has 1 aliphatic rings. The first-order chi connectivity index (χ1) is 8.42. The lowest BCUT2D eigenvalue weighted by molar-refractivity contribution is 0.174. The normalized spacial score (nSPS) is 12.9. The summed E-state index contributed by atoms with van der Waals surface area (Å²) < 4.78 is 10.6. The highest BCUT2D eigenvalue weighted by molar-refractivity contribution is 7.09. The maximum absolute atomic E-state index is 5.34. The molecule has 0 saturated carbocycles. The zero-order valence-corrected chi connectivity index (χ0v) is 10.1. The summed E-state index contributed by atoms with van der Waals surface area (Å²) in [5, 5.41) is 5.50. The molecule has 0 atom stereocenters. The highest BCUT2D eigenvalue weighted by Gasteiger charge is 2.12. The second-order valence-corrected chi connectivity index (χ2v) is 4.90. The standard InChI is InChI=1S/C13H13NO2S/c1-2-11(17-5-1)8-14-7-10-3-4-12-13(6-10)16-9-15-12/h1-6,14H,7-9H2. The van der Waals surface area contributed by atoms with Crippen molar-refractivity contribution < 1.29 is 9.47 Å². The predicted molar refractivity (Wildman–Crippen MR) is 67.4 cm³/mol. The van der Waals surface area contributed by atoms with E-state index in [0.717, 1.165) is 24.6 Å². The average Bonchev–Trinajstić information content (AvgIpc) is 2.98. The van der Waals surface area contributed by atoms with Gasteiger partial charge in [-0.25, -0.2) is 0 Å². The Morgan fingerprint density at radius 3 is 2.94 bits per heavy atom. The Labute approximate surface area is 104 Å². The summed E-state index contributed by atoms with van der Waals surface area (Å²) in [5.41, 5.74) is 1.21. The second kappa shape index (κ2) is 4.77. The Bertz CT molecular complexity index is 496. The summed E-state index contributed by atoms with van der Waals surface area (Å²) >= 11 is 1.77. The molecular weight excluding hydrogens is 234 g/mol. The lowest BCUT2D eigenvalue weighted by Crippen LogP contribution is -2.11. The van der Waals surface area contributed by atoms with E-state index in [2.05, 4.69) is 28.9 Å². The van der Waals surface area contributed by atoms with Crippen LogP contribution in [0.2, 0.25) is 0 Å². The molecule has 1 aromatic heterocycles. The Hall–Kier alpha value is -1.52. The number of hydrogen-bond donors (Lipinski definition) is 1. The summed E-state index contributed by atoms with van der Waals surface area (Å²) in [6.07, 6.45) is 0. The summed E-state index contributed by atoms with van der Waals surface area (Å²) in [7, 11) is 0. The first-order valence-electron chi connectivity index (χ1n) is 5.53. The van der Waals surface area contributed by atoms with Gasteiger partial charge in [-0.2, -0.15) is 0 Å². The van der Waals surface area contributed by atoms with Gasteiger partial charge < -0.3 is 14.8 Å². The lowest BCUT2D eigenvalue weighted by atomic mass is 10.2. The molecule has 0 spiro atoms. The molecule has 88 valence electrons. The molecule has 2 aromatic rings. The van der Waals surface area contributed by atoms with Gasteiger partial charge in [0.1, 0.15) is 0 Å². The molecule has 3 nitrogen and oxygen atoms in total. The third-order valence-corrected chi connectivity index (χ3v) is 3.52. The Balaban J connectivity index is 1.58. The molecule has 0 radical (unpaired) electrons. The fourth-order valence-corrected chi connectivity index (χ4v) is 2.47. The number of hydrogen-bond acceptors (Lipinski definition) is 4. The summed E-state index contributed by atoms with van der Waals surface area (Å²) in [6.45, 7) is 2.09. The van der Waals surface area contributed by atoms with E-state index in [0.29, 0.717) is 6.79 Å². The summed E-state index contributed by atoms with van der Waals surface area (Å²) in [4.78, 5) is 1.35. The van der Waals surface area contributed by atoms with Gasteiger partial charge in [-0.3, -0.25) is 0 Å². The smallest absolute Gasteiger partial charge is 0.231 e. The van der Waals surface area contributed by atoms with Crippen molar-refractivity contribution in [2.24, 2.45) is 0 Å². The van der Waals surface area contributed by atoms with Gasteiger partial charge in [0.25, 0.3) is 0 Å². The molecular formula is C13H13NO2S. The molecule has 2 heterocycles. The van der Waals surface area contributed by atoms with Crippen LogP contribution in [0.5, 0.6) is 11.5 Å². The third-order valence-electron chi connectivity index (χ3n) is 2.65. The van der Waals surface area contributed by atoms with Crippen LogP contribution >= 0.6 is 11.3 Å². The second-order valence-electron chi connectivity index (χ2n) is 3.87. The van der Waals surface area contributed by atoms with Gasteiger partial charge in [-0.15, -0.1) is 11.3 Å². The molecule has 3 rings (SSSR count). The van der Waals surface area contributed by atoms with Crippen LogP contribution in [-0.2, 0) is 13.1 Å². The summed E-state index contributed by atoms with van der Waals surface area (Å²) in [6, 6.07) is 10.3. The molecule has 0 amide bonds. The zero-order chi connectivity index (χ0) is 11.5. The van der Waals surface area contributed by atoms with Crippen molar-refractivity contribution in [2.45, 2.75) is 13.1 Å². The van der Waals surface area contributed by atoms with Crippen LogP contribution in [0.3, 0.4) is 0 Å². The molecule has 17 heavy (non-hydrogen) atoms. The first kappa shape index (κ1) is 10.6. The van der Waals surface area contributed by atoms with Gasteiger partial charge in [-0.1, -0.05) is 12.1 Å². The molecule has 0 aliphatic carbocycles. The Morgan fingerprint density at radius 2 is 2.06 bits per heavy atom. The highest BCUT2D eigenvalue weighted by Crippen LogP contribution is 2.32. The van der Waals surface area contributed by atoms with Crippen LogP contribution in [0, 0.1) is 0 Å². The van der Waals surface area contributed by atoms with Gasteiger partial charge in [-0.05, 0) is 29.1 Å². The number of ether oxygens (including phenoxy) is 2. The van der Waals surface area contributed by atoms with Crippen molar-refractivity contribution in [3.05, 3.63) is 46.2 Å². The highest BCUT2D eigenvalue weighted by atomic mass is 32.1. The van der Waals surface area contributed by atoms with Crippen molar-refractivity contribution in [3.8, 4) is 11.5 Å². The fraction of sp³-hybridized carbons (Fsp3) is 0.231. The molecule has 4 heteroatoms. The topological polar surface area (TPSA) is 30.5 Å². The number of rotatable bonds is 4. The number of fused-ring (bicyclic) bond motifs is 1. The van der Waals surface area contributed by atoms with E-state index in [1.807, 2.05) is 12.1 Å². The quantitative estimate of drug-likeness (QED) is 0.901. The molecule has 0 saturated heterocycles. The minimum atomic E-state index is 0.335. The van der Waals surface area contributed by atoms with Gasteiger partial charge in [0.2, 0.25) is 6.79 Å². The molecule has 0 fully saturated rings. The number of thiophene rings is 1. The first-order valence-corrected chi connectivity index (χ1v) is 6.41. The molecule has 1 N–H and O–H groups in total. The van der Waals surface area contributed by atoms with Crippen LogP contribution in [0.4, 0.5) is 0 Å². The Kier molecular flexibility index (Phi) is 2.98. The summed E-state index contributed by atoms with van der Waals surface area (Å²) in [5.74, 6) is 1.69. The number of benzene rings is 1. The Morgan fingerprint density at radius 1 is 1.12 bits per heavy atom. The van der Waals surface area contributed by atoms with Crippen LogP contribution in [0.15, 0.2) is 35.7 Å². The zero-order valence-electron chi connectivity index (χ0n) is 9.31. The van der Waals surface area contributed by atoms with E-state index in [1.54, 1.807) is 11.3 Å². The van der Waals surface area contributed by atoms with Crippen LogP contribution in [0.25, 0.3) is 0 Å². The van der Waals surface area contributed by atoms with Gasteiger partial charge in [0.15, 0.2) is 11.5 Å².